The lowest BCUT2D eigenvalue weighted by Crippen LogP contribution is -2.39. The highest BCUT2D eigenvalue weighted by Crippen LogP contribution is 2.34. The van der Waals surface area contributed by atoms with Crippen LogP contribution in [0.3, 0.4) is 0 Å². The van der Waals surface area contributed by atoms with Crippen molar-refractivity contribution in [3.05, 3.63) is 17.5 Å². The minimum Gasteiger partial charge on any atom is -0.301 e. The summed E-state index contributed by atoms with van der Waals surface area (Å²) >= 11 is 0. The van der Waals surface area contributed by atoms with Crippen molar-refractivity contribution in [1.29, 1.82) is 0 Å². The van der Waals surface area contributed by atoms with E-state index in [-0.39, 0.29) is 5.69 Å². The van der Waals surface area contributed by atoms with Crippen LogP contribution in [0, 0.1) is 0 Å². The average Bonchev–Trinajstić information content (AvgIpc) is 2.48. The topological polar surface area (TPSA) is 40.7 Å². The lowest BCUT2D eigenvalue weighted by molar-refractivity contribution is -0.159. The van der Waals surface area contributed by atoms with Gasteiger partial charge in [0, 0.05) is 6.54 Å². The second-order valence-corrected chi connectivity index (χ2v) is 2.99. The molecule has 1 aromatic rings. The minimum atomic E-state index is -4.25. The molecule has 1 atom stereocenters. The molecule has 2 rings (SSSR count). The fourth-order valence-corrected chi connectivity index (χ4v) is 1.50. The summed E-state index contributed by atoms with van der Waals surface area (Å²) in [7, 11) is 0. The molecule has 1 aliphatic rings. The Morgan fingerprint density at radius 1 is 1.46 bits per heavy atom. The molecule has 13 heavy (non-hydrogen) atoms. The Bertz CT molecular complexity index is 304. The largest absolute Gasteiger partial charge is 0.409 e. The summed E-state index contributed by atoms with van der Waals surface area (Å²) < 4.78 is 37.2. The molecule has 0 saturated heterocycles. The minimum absolute atomic E-state index is 0.152. The summed E-state index contributed by atoms with van der Waals surface area (Å²) in [6, 6.07) is -1.58. The predicted molar refractivity (Wildman–Crippen MR) is 39.1 cm³/mol. The summed E-state index contributed by atoms with van der Waals surface area (Å²) in [5, 5.41) is 8.39. The molecule has 0 spiro atoms. The van der Waals surface area contributed by atoms with E-state index >= 15 is 0 Å². The molecule has 3 nitrogen and oxygen atoms in total. The number of nitrogens with one attached hydrogen (secondary N) is 2. The van der Waals surface area contributed by atoms with Gasteiger partial charge in [-0.25, -0.2) is 0 Å². The van der Waals surface area contributed by atoms with Gasteiger partial charge in [0.15, 0.2) is 0 Å². The molecule has 6 heteroatoms. The zero-order chi connectivity index (χ0) is 9.47. The first-order valence-electron chi connectivity index (χ1n) is 3.91. The van der Waals surface area contributed by atoms with Crippen LogP contribution >= 0.6 is 0 Å². The molecule has 0 saturated carbocycles. The van der Waals surface area contributed by atoms with Gasteiger partial charge in [-0.3, -0.25) is 5.10 Å². The van der Waals surface area contributed by atoms with Crippen LogP contribution in [-0.2, 0) is 6.42 Å². The van der Waals surface area contributed by atoms with Crippen LogP contribution in [0.5, 0.6) is 0 Å². The second-order valence-electron chi connectivity index (χ2n) is 2.99. The van der Waals surface area contributed by atoms with Crippen molar-refractivity contribution in [2.75, 3.05) is 6.54 Å². The number of hydrogen-bond acceptors (Lipinski definition) is 2. The summed E-state index contributed by atoms with van der Waals surface area (Å²) in [4.78, 5) is 0. The number of nitrogens with zero attached hydrogens (tertiary/aromatic N) is 1. The molecular weight excluding hydrogens is 183 g/mol. The highest BCUT2D eigenvalue weighted by Gasteiger charge is 2.43. The molecule has 0 radical (unpaired) electrons. The quantitative estimate of drug-likeness (QED) is 0.646. The third-order valence-electron chi connectivity index (χ3n) is 2.11. The second kappa shape index (κ2) is 2.73. The molecule has 0 aliphatic carbocycles. The van der Waals surface area contributed by atoms with Gasteiger partial charge in [-0.05, 0) is 12.0 Å². The number of rotatable bonds is 0. The van der Waals surface area contributed by atoms with Crippen molar-refractivity contribution in [2.45, 2.75) is 18.6 Å². The van der Waals surface area contributed by atoms with Crippen LogP contribution in [0.4, 0.5) is 13.2 Å². The Balaban J connectivity index is 2.35. The van der Waals surface area contributed by atoms with Crippen LogP contribution in [0.1, 0.15) is 17.3 Å². The van der Waals surface area contributed by atoms with Crippen molar-refractivity contribution in [3.8, 4) is 0 Å². The zero-order valence-electron chi connectivity index (χ0n) is 6.65. The molecule has 0 amide bonds. The zero-order valence-corrected chi connectivity index (χ0v) is 6.65. The van der Waals surface area contributed by atoms with Crippen molar-refractivity contribution in [3.63, 3.8) is 0 Å². The summed E-state index contributed by atoms with van der Waals surface area (Å²) in [5.74, 6) is 0. The summed E-state index contributed by atoms with van der Waals surface area (Å²) in [5.41, 5.74) is 0.805. The van der Waals surface area contributed by atoms with E-state index in [9.17, 15) is 13.2 Å². The first-order chi connectivity index (χ1) is 6.09. The normalized spacial score (nSPS) is 22.8. The number of fused-ring (bicyclic) bond motifs is 1. The molecular formula is C7H8F3N3. The maximum absolute atomic E-state index is 12.4. The SMILES string of the molecule is FC(F)(F)C1NCCc2cn[nH]c21. The first-order valence-corrected chi connectivity index (χ1v) is 3.91. The monoisotopic (exact) mass is 191 g/mol. The van der Waals surface area contributed by atoms with E-state index in [0.29, 0.717) is 18.5 Å². The van der Waals surface area contributed by atoms with Crippen LogP contribution in [0.25, 0.3) is 0 Å². The molecule has 0 aromatic carbocycles. The molecule has 0 fully saturated rings. The van der Waals surface area contributed by atoms with E-state index in [2.05, 4.69) is 15.5 Å². The Hall–Kier alpha value is -1.04. The summed E-state index contributed by atoms with van der Waals surface area (Å²) in [6.45, 7) is 0.344. The maximum Gasteiger partial charge on any atom is 0.409 e. The number of hydrogen-bond donors (Lipinski definition) is 2. The number of aromatic nitrogens is 2. The molecule has 72 valence electrons. The molecule has 1 unspecified atom stereocenters. The van der Waals surface area contributed by atoms with E-state index in [0.717, 1.165) is 0 Å². The lowest BCUT2D eigenvalue weighted by Gasteiger charge is -2.25. The van der Waals surface area contributed by atoms with E-state index in [4.69, 9.17) is 0 Å². The van der Waals surface area contributed by atoms with Crippen molar-refractivity contribution in [2.24, 2.45) is 0 Å². The standard InChI is InChI=1S/C7H8F3N3/c8-7(9,10)6-5-4(1-2-11-6)3-12-13-5/h3,6,11H,1-2H2,(H,12,13). The Kier molecular flexibility index (Phi) is 1.80. The van der Waals surface area contributed by atoms with Crippen LogP contribution < -0.4 is 5.32 Å². The number of H-pyrrole nitrogens is 1. The van der Waals surface area contributed by atoms with Crippen LogP contribution in [0.15, 0.2) is 6.20 Å². The first kappa shape index (κ1) is 8.55. The van der Waals surface area contributed by atoms with Crippen LogP contribution in [0.2, 0.25) is 0 Å². The lowest BCUT2D eigenvalue weighted by atomic mass is 10.0. The van der Waals surface area contributed by atoms with Gasteiger partial charge in [-0.2, -0.15) is 18.3 Å². The van der Waals surface area contributed by atoms with Crippen LogP contribution in [-0.4, -0.2) is 22.9 Å². The van der Waals surface area contributed by atoms with E-state index in [1.807, 2.05) is 0 Å². The maximum atomic E-state index is 12.4. The Morgan fingerprint density at radius 3 is 2.92 bits per heavy atom. The molecule has 1 aliphatic heterocycles. The highest BCUT2D eigenvalue weighted by atomic mass is 19.4. The highest BCUT2D eigenvalue weighted by molar-refractivity contribution is 5.24. The number of aromatic amines is 1. The third kappa shape index (κ3) is 1.41. The van der Waals surface area contributed by atoms with Crippen molar-refractivity contribution >= 4 is 0 Å². The fraction of sp³-hybridized carbons (Fsp3) is 0.571. The summed E-state index contributed by atoms with van der Waals surface area (Å²) in [6.07, 6.45) is -2.20. The van der Waals surface area contributed by atoms with Crippen molar-refractivity contribution in [1.82, 2.24) is 15.5 Å². The average molecular weight is 191 g/mol. The number of alkyl halides is 3. The van der Waals surface area contributed by atoms with Gasteiger partial charge in [-0.1, -0.05) is 0 Å². The molecule has 1 aromatic heterocycles. The van der Waals surface area contributed by atoms with Gasteiger partial charge < -0.3 is 5.32 Å². The third-order valence-corrected chi connectivity index (χ3v) is 2.11. The molecule has 0 bridgehead atoms. The Labute approximate surface area is 72.3 Å². The van der Waals surface area contributed by atoms with Gasteiger partial charge in [0.2, 0.25) is 0 Å². The molecule has 2 heterocycles. The fourth-order valence-electron chi connectivity index (χ4n) is 1.50. The van der Waals surface area contributed by atoms with Gasteiger partial charge in [0.05, 0.1) is 11.9 Å². The predicted octanol–water partition coefficient (Wildman–Crippen LogP) is 1.16. The van der Waals surface area contributed by atoms with E-state index in [1.54, 1.807) is 0 Å². The van der Waals surface area contributed by atoms with E-state index < -0.39 is 12.2 Å². The molecule has 2 N–H and O–H groups in total. The van der Waals surface area contributed by atoms with Gasteiger partial charge in [0.1, 0.15) is 6.04 Å². The number of halogens is 3. The smallest absolute Gasteiger partial charge is 0.301 e. The Morgan fingerprint density at radius 2 is 2.23 bits per heavy atom. The van der Waals surface area contributed by atoms with E-state index in [1.165, 1.54) is 6.20 Å². The van der Waals surface area contributed by atoms with Gasteiger partial charge in [-0.15, -0.1) is 0 Å². The van der Waals surface area contributed by atoms with Crippen molar-refractivity contribution < 1.29 is 13.2 Å². The van der Waals surface area contributed by atoms with Gasteiger partial charge >= 0.3 is 6.18 Å². The van der Waals surface area contributed by atoms with Gasteiger partial charge in [0.25, 0.3) is 0 Å².